The van der Waals surface area contributed by atoms with Gasteiger partial charge < -0.3 is 9.94 Å². The summed E-state index contributed by atoms with van der Waals surface area (Å²) in [6, 6.07) is 9.18. The fraction of sp³-hybridized carbons (Fsp3) is 0.348. The molecule has 7 nitrogen and oxygen atoms in total. The second kappa shape index (κ2) is 10.1. The highest BCUT2D eigenvalue weighted by molar-refractivity contribution is 5.84. The van der Waals surface area contributed by atoms with Crippen LogP contribution in [0, 0.1) is 17.5 Å². The number of halogens is 3. The van der Waals surface area contributed by atoms with E-state index in [1.165, 1.54) is 35.5 Å². The quantitative estimate of drug-likeness (QED) is 0.524. The second-order valence-corrected chi connectivity index (χ2v) is 8.08. The fourth-order valence-corrected chi connectivity index (χ4v) is 3.88. The normalized spacial score (nSPS) is 16.4. The van der Waals surface area contributed by atoms with E-state index in [4.69, 9.17) is 4.84 Å². The number of β-amino-alcohol motifs (C(OH)–C–C–N with tert-alkyl or cyclic N) is 1. The summed E-state index contributed by atoms with van der Waals surface area (Å²) in [5, 5.41) is 19.7. The summed E-state index contributed by atoms with van der Waals surface area (Å²) in [7, 11) is 0. The van der Waals surface area contributed by atoms with Gasteiger partial charge in [0.1, 0.15) is 42.3 Å². The van der Waals surface area contributed by atoms with Crippen molar-refractivity contribution in [3.8, 4) is 0 Å². The van der Waals surface area contributed by atoms with Crippen LogP contribution in [-0.4, -0.2) is 50.1 Å². The van der Waals surface area contributed by atoms with E-state index >= 15 is 0 Å². The molecule has 1 aromatic heterocycles. The lowest BCUT2D eigenvalue weighted by Crippen LogP contribution is -2.47. The zero-order chi connectivity index (χ0) is 23.3. The molecule has 1 unspecified atom stereocenters. The molecule has 2 heterocycles. The van der Waals surface area contributed by atoms with E-state index in [9.17, 15) is 18.3 Å². The van der Waals surface area contributed by atoms with Crippen molar-refractivity contribution in [3.05, 3.63) is 83.7 Å². The van der Waals surface area contributed by atoms with E-state index in [1.807, 2.05) is 4.90 Å². The number of aromatic nitrogens is 3. The SMILES string of the molecule is OC(CN1CCC(=NOCc2ccc(F)cc2)CC1)(Cn1cncn1)c1ccc(F)cc1F. The van der Waals surface area contributed by atoms with E-state index in [2.05, 4.69) is 15.2 Å². The Morgan fingerprint density at radius 2 is 1.73 bits per heavy atom. The van der Waals surface area contributed by atoms with Crippen molar-refractivity contribution in [1.82, 2.24) is 19.7 Å². The highest BCUT2D eigenvalue weighted by atomic mass is 19.1. The van der Waals surface area contributed by atoms with Crippen LogP contribution in [0.4, 0.5) is 13.2 Å². The number of likely N-dealkylation sites (tertiary alicyclic amines) is 1. The van der Waals surface area contributed by atoms with Gasteiger partial charge in [0.2, 0.25) is 0 Å². The average Bonchev–Trinajstić information content (AvgIpc) is 3.29. The lowest BCUT2D eigenvalue weighted by Gasteiger charge is -2.36. The maximum absolute atomic E-state index is 14.6. The number of oxime groups is 1. The number of nitrogens with zero attached hydrogens (tertiary/aromatic N) is 5. The summed E-state index contributed by atoms with van der Waals surface area (Å²) in [6.07, 6.45) is 4.01. The number of hydrogen-bond donors (Lipinski definition) is 1. The van der Waals surface area contributed by atoms with Gasteiger partial charge in [-0.25, -0.2) is 22.8 Å². The Hall–Kier alpha value is -3.24. The minimum absolute atomic E-state index is 0.00138. The Kier molecular flexibility index (Phi) is 7.05. The molecule has 1 aliphatic heterocycles. The van der Waals surface area contributed by atoms with Crippen LogP contribution in [0.15, 0.2) is 60.3 Å². The van der Waals surface area contributed by atoms with E-state index < -0.39 is 17.2 Å². The highest BCUT2D eigenvalue weighted by Crippen LogP contribution is 2.28. The molecule has 1 atom stereocenters. The molecule has 0 spiro atoms. The van der Waals surface area contributed by atoms with Gasteiger partial charge in [0.05, 0.1) is 12.3 Å². The van der Waals surface area contributed by atoms with Crippen molar-refractivity contribution in [2.24, 2.45) is 5.16 Å². The van der Waals surface area contributed by atoms with Crippen LogP contribution >= 0.6 is 0 Å². The molecule has 3 aromatic rings. The maximum Gasteiger partial charge on any atom is 0.142 e. The average molecular weight is 459 g/mol. The Bertz CT molecular complexity index is 1080. The smallest absolute Gasteiger partial charge is 0.142 e. The first-order valence-electron chi connectivity index (χ1n) is 10.6. The number of benzene rings is 2. The summed E-state index contributed by atoms with van der Waals surface area (Å²) < 4.78 is 42.4. The lowest BCUT2D eigenvalue weighted by molar-refractivity contribution is -0.0220. The van der Waals surface area contributed by atoms with Crippen molar-refractivity contribution in [3.63, 3.8) is 0 Å². The molecule has 4 rings (SSSR count). The molecular weight excluding hydrogens is 435 g/mol. The topological polar surface area (TPSA) is 75.8 Å². The van der Waals surface area contributed by atoms with Crippen LogP contribution in [0.1, 0.15) is 24.0 Å². The zero-order valence-electron chi connectivity index (χ0n) is 17.9. The molecule has 10 heteroatoms. The van der Waals surface area contributed by atoms with Crippen molar-refractivity contribution < 1.29 is 23.1 Å². The minimum Gasteiger partial charge on any atom is -0.391 e. The van der Waals surface area contributed by atoms with Crippen molar-refractivity contribution >= 4 is 5.71 Å². The summed E-state index contributed by atoms with van der Waals surface area (Å²) in [4.78, 5) is 11.3. The number of aliphatic hydroxyl groups is 1. The van der Waals surface area contributed by atoms with Gasteiger partial charge in [-0.05, 0) is 23.8 Å². The summed E-state index contributed by atoms with van der Waals surface area (Å²) >= 11 is 0. The number of piperidine rings is 1. The van der Waals surface area contributed by atoms with E-state index in [1.54, 1.807) is 12.1 Å². The van der Waals surface area contributed by atoms with Crippen molar-refractivity contribution in [1.29, 1.82) is 0 Å². The Morgan fingerprint density at radius 3 is 2.39 bits per heavy atom. The van der Waals surface area contributed by atoms with Crippen LogP contribution in [0.5, 0.6) is 0 Å². The molecule has 2 aromatic carbocycles. The number of hydrogen-bond acceptors (Lipinski definition) is 6. The van der Waals surface area contributed by atoms with Crippen LogP contribution in [0.25, 0.3) is 0 Å². The largest absolute Gasteiger partial charge is 0.391 e. The van der Waals surface area contributed by atoms with Gasteiger partial charge >= 0.3 is 0 Å². The molecule has 0 bridgehead atoms. The van der Waals surface area contributed by atoms with Gasteiger partial charge in [0.15, 0.2) is 0 Å². The van der Waals surface area contributed by atoms with Gasteiger partial charge in [-0.3, -0.25) is 4.90 Å². The first kappa shape index (κ1) is 22.9. The first-order chi connectivity index (χ1) is 15.9. The lowest BCUT2D eigenvalue weighted by atomic mass is 9.91. The standard InChI is InChI=1S/C23H24F3N5O2/c24-18-3-1-17(2-4-18)12-33-29-20-7-9-30(10-8-20)13-23(32,14-31-16-27-15-28-31)21-6-5-19(25)11-22(21)26/h1-6,11,15-16,32H,7-10,12-14H2. The monoisotopic (exact) mass is 459 g/mol. The predicted molar refractivity (Wildman–Crippen MR) is 115 cm³/mol. The molecule has 1 aliphatic rings. The van der Waals surface area contributed by atoms with Crippen LogP contribution in [0.3, 0.4) is 0 Å². The predicted octanol–water partition coefficient (Wildman–Crippen LogP) is 3.25. The molecule has 0 aliphatic carbocycles. The third kappa shape index (κ3) is 5.96. The van der Waals surface area contributed by atoms with Crippen molar-refractivity contribution in [2.75, 3.05) is 19.6 Å². The second-order valence-electron chi connectivity index (χ2n) is 8.08. The first-order valence-corrected chi connectivity index (χ1v) is 10.6. The third-order valence-corrected chi connectivity index (χ3v) is 5.58. The molecular formula is C23H24F3N5O2. The third-order valence-electron chi connectivity index (χ3n) is 5.58. The zero-order valence-corrected chi connectivity index (χ0v) is 17.9. The Balaban J connectivity index is 1.39. The molecule has 33 heavy (non-hydrogen) atoms. The van der Waals surface area contributed by atoms with E-state index in [0.29, 0.717) is 25.9 Å². The summed E-state index contributed by atoms with van der Waals surface area (Å²) in [5.41, 5.74) is 0.0551. The van der Waals surface area contributed by atoms with Crippen LogP contribution in [0.2, 0.25) is 0 Å². The van der Waals surface area contributed by atoms with Gasteiger partial charge in [0, 0.05) is 44.1 Å². The molecule has 0 saturated carbocycles. The van der Waals surface area contributed by atoms with Crippen molar-refractivity contribution in [2.45, 2.75) is 31.6 Å². The van der Waals surface area contributed by atoms with Crippen LogP contribution in [-0.2, 0) is 23.6 Å². The van der Waals surface area contributed by atoms with Gasteiger partial charge in [-0.1, -0.05) is 23.4 Å². The fourth-order valence-electron chi connectivity index (χ4n) is 3.88. The molecule has 0 radical (unpaired) electrons. The van der Waals surface area contributed by atoms with Gasteiger partial charge in [-0.15, -0.1) is 0 Å². The molecule has 1 fully saturated rings. The van der Waals surface area contributed by atoms with E-state index in [0.717, 1.165) is 23.4 Å². The molecule has 0 amide bonds. The minimum atomic E-state index is -1.64. The number of rotatable bonds is 8. The summed E-state index contributed by atoms with van der Waals surface area (Å²) in [6.45, 7) is 1.50. The highest BCUT2D eigenvalue weighted by Gasteiger charge is 2.36. The maximum atomic E-state index is 14.6. The summed E-state index contributed by atoms with van der Waals surface area (Å²) in [5.74, 6) is -1.83. The van der Waals surface area contributed by atoms with E-state index in [-0.39, 0.29) is 31.1 Å². The van der Waals surface area contributed by atoms with Crippen LogP contribution < -0.4 is 0 Å². The Labute approximate surface area is 189 Å². The molecule has 1 N–H and O–H groups in total. The molecule has 174 valence electrons. The molecule has 1 saturated heterocycles. The van der Waals surface area contributed by atoms with Gasteiger partial charge in [-0.2, -0.15) is 5.10 Å². The van der Waals surface area contributed by atoms with Gasteiger partial charge in [0.25, 0.3) is 0 Å². The Morgan fingerprint density at radius 1 is 1.00 bits per heavy atom.